The van der Waals surface area contributed by atoms with Gasteiger partial charge in [-0.2, -0.15) is 5.26 Å². The van der Waals surface area contributed by atoms with Crippen LogP contribution in [0.2, 0.25) is 0 Å². The van der Waals surface area contributed by atoms with E-state index >= 15 is 0 Å². The number of hydrogen-bond acceptors (Lipinski definition) is 2. The van der Waals surface area contributed by atoms with Crippen molar-refractivity contribution in [2.24, 2.45) is 5.92 Å². The summed E-state index contributed by atoms with van der Waals surface area (Å²) in [7, 11) is 0. The Morgan fingerprint density at radius 2 is 2.30 bits per heavy atom. The van der Waals surface area contributed by atoms with Gasteiger partial charge >= 0.3 is 6.09 Å². The Labute approximate surface area is 119 Å². The monoisotopic (exact) mass is 272 g/mol. The second-order valence-electron chi connectivity index (χ2n) is 5.79. The molecular weight excluding hydrogens is 252 g/mol. The van der Waals surface area contributed by atoms with E-state index in [0.717, 1.165) is 17.5 Å². The lowest BCUT2D eigenvalue weighted by Crippen LogP contribution is -2.33. The molecule has 0 radical (unpaired) electrons. The number of hydrogen-bond donors (Lipinski definition) is 1. The fourth-order valence-corrected chi connectivity index (χ4v) is 3.02. The molecular formula is C16H20N2O2. The molecule has 0 aliphatic carbocycles. The van der Waals surface area contributed by atoms with E-state index in [0.29, 0.717) is 31.0 Å². The first-order valence-corrected chi connectivity index (χ1v) is 7.02. The van der Waals surface area contributed by atoms with Crippen molar-refractivity contribution >= 4 is 6.09 Å². The van der Waals surface area contributed by atoms with Crippen molar-refractivity contribution in [1.82, 2.24) is 4.90 Å². The van der Waals surface area contributed by atoms with Gasteiger partial charge in [-0.1, -0.05) is 26.0 Å². The molecule has 1 aliphatic heterocycles. The summed E-state index contributed by atoms with van der Waals surface area (Å²) in [6.45, 7) is 5.28. The smallest absolute Gasteiger partial charge is 0.407 e. The SMILES string of the molecule is CC(C)CC1CN(C(=O)O)CCc2c(C#N)cccc21. The molecule has 1 N–H and O–H groups in total. The first kappa shape index (κ1) is 14.4. The highest BCUT2D eigenvalue weighted by atomic mass is 16.4. The number of carboxylic acid groups (broad SMARTS) is 1. The van der Waals surface area contributed by atoms with Gasteiger partial charge in [-0.3, -0.25) is 0 Å². The zero-order valence-electron chi connectivity index (χ0n) is 12.0. The molecule has 106 valence electrons. The van der Waals surface area contributed by atoms with E-state index in [2.05, 4.69) is 26.0 Å². The summed E-state index contributed by atoms with van der Waals surface area (Å²) in [6.07, 6.45) is 0.691. The van der Waals surface area contributed by atoms with Crippen LogP contribution in [0.15, 0.2) is 18.2 Å². The lowest BCUT2D eigenvalue weighted by atomic mass is 9.86. The van der Waals surface area contributed by atoms with Crippen LogP contribution in [-0.4, -0.2) is 29.2 Å². The van der Waals surface area contributed by atoms with Crippen molar-refractivity contribution in [1.29, 1.82) is 5.26 Å². The number of nitrogens with zero attached hydrogens (tertiary/aromatic N) is 2. The van der Waals surface area contributed by atoms with Gasteiger partial charge in [0.15, 0.2) is 0 Å². The molecule has 0 spiro atoms. The van der Waals surface area contributed by atoms with E-state index in [9.17, 15) is 15.2 Å². The van der Waals surface area contributed by atoms with Crippen molar-refractivity contribution in [3.05, 3.63) is 34.9 Å². The Hall–Kier alpha value is -2.02. The minimum absolute atomic E-state index is 0.178. The third kappa shape index (κ3) is 2.93. The maximum Gasteiger partial charge on any atom is 0.407 e. The summed E-state index contributed by atoms with van der Waals surface area (Å²) in [5.41, 5.74) is 2.87. The number of amides is 1. The molecule has 4 nitrogen and oxygen atoms in total. The van der Waals surface area contributed by atoms with Gasteiger partial charge in [0.05, 0.1) is 11.6 Å². The van der Waals surface area contributed by atoms with E-state index in [1.165, 1.54) is 4.90 Å². The first-order chi connectivity index (χ1) is 9.52. The fraction of sp³-hybridized carbons (Fsp3) is 0.500. The number of rotatable bonds is 2. The highest BCUT2D eigenvalue weighted by Crippen LogP contribution is 2.32. The standard InChI is InChI=1S/C16H20N2O2/c1-11(2)8-13-10-18(16(19)20)7-6-15-12(9-17)4-3-5-14(13)15/h3-5,11,13H,6-8,10H2,1-2H3,(H,19,20). The van der Waals surface area contributed by atoms with Crippen LogP contribution in [0.5, 0.6) is 0 Å². The topological polar surface area (TPSA) is 64.3 Å². The third-order valence-electron chi connectivity index (χ3n) is 3.87. The molecule has 4 heteroatoms. The normalized spacial score (nSPS) is 18.3. The molecule has 1 heterocycles. The Kier molecular flexibility index (Phi) is 4.29. The summed E-state index contributed by atoms with van der Waals surface area (Å²) >= 11 is 0. The van der Waals surface area contributed by atoms with E-state index in [1.807, 2.05) is 12.1 Å². The molecule has 0 bridgehead atoms. The Morgan fingerprint density at radius 1 is 1.55 bits per heavy atom. The summed E-state index contributed by atoms with van der Waals surface area (Å²) in [4.78, 5) is 12.8. The molecule has 20 heavy (non-hydrogen) atoms. The highest BCUT2D eigenvalue weighted by molar-refractivity contribution is 5.65. The molecule has 1 amide bonds. The lowest BCUT2D eigenvalue weighted by molar-refractivity contribution is 0.142. The van der Waals surface area contributed by atoms with Gasteiger partial charge in [0.2, 0.25) is 0 Å². The molecule has 0 saturated carbocycles. The van der Waals surface area contributed by atoms with Crippen LogP contribution in [0, 0.1) is 17.2 Å². The molecule has 2 rings (SSSR count). The zero-order valence-corrected chi connectivity index (χ0v) is 12.0. The van der Waals surface area contributed by atoms with Crippen molar-refractivity contribution in [3.8, 4) is 6.07 Å². The zero-order chi connectivity index (χ0) is 14.7. The van der Waals surface area contributed by atoms with Gasteiger partial charge in [0.1, 0.15) is 0 Å². The van der Waals surface area contributed by atoms with E-state index < -0.39 is 6.09 Å². The van der Waals surface area contributed by atoms with Crippen molar-refractivity contribution in [3.63, 3.8) is 0 Å². The molecule has 1 atom stereocenters. The Morgan fingerprint density at radius 3 is 2.90 bits per heavy atom. The van der Waals surface area contributed by atoms with Crippen molar-refractivity contribution < 1.29 is 9.90 Å². The van der Waals surface area contributed by atoms with Gasteiger partial charge in [-0.15, -0.1) is 0 Å². The van der Waals surface area contributed by atoms with Crippen LogP contribution in [0.1, 0.15) is 42.9 Å². The minimum Gasteiger partial charge on any atom is -0.465 e. The van der Waals surface area contributed by atoms with Crippen LogP contribution in [0.3, 0.4) is 0 Å². The van der Waals surface area contributed by atoms with Gasteiger partial charge in [0.25, 0.3) is 0 Å². The van der Waals surface area contributed by atoms with Gasteiger partial charge in [-0.25, -0.2) is 4.79 Å². The first-order valence-electron chi connectivity index (χ1n) is 7.02. The molecule has 0 fully saturated rings. The Bertz CT molecular complexity index is 546. The number of benzene rings is 1. The number of fused-ring (bicyclic) bond motifs is 1. The second kappa shape index (κ2) is 5.96. The maximum absolute atomic E-state index is 11.3. The quantitative estimate of drug-likeness (QED) is 0.899. The summed E-state index contributed by atoms with van der Waals surface area (Å²) in [5, 5.41) is 18.5. The molecule has 0 aromatic heterocycles. The second-order valence-corrected chi connectivity index (χ2v) is 5.79. The average Bonchev–Trinajstić information content (AvgIpc) is 2.58. The summed E-state index contributed by atoms with van der Waals surface area (Å²) in [5.74, 6) is 0.671. The van der Waals surface area contributed by atoms with E-state index in [1.54, 1.807) is 0 Å². The van der Waals surface area contributed by atoms with Gasteiger partial charge in [0, 0.05) is 19.0 Å². The van der Waals surface area contributed by atoms with Crippen LogP contribution in [-0.2, 0) is 6.42 Å². The van der Waals surface area contributed by atoms with Crippen LogP contribution in [0.4, 0.5) is 4.79 Å². The molecule has 0 saturated heterocycles. The van der Waals surface area contributed by atoms with Crippen LogP contribution >= 0.6 is 0 Å². The summed E-state index contributed by atoms with van der Waals surface area (Å²) in [6, 6.07) is 8.01. The maximum atomic E-state index is 11.3. The molecule has 1 aromatic carbocycles. The highest BCUT2D eigenvalue weighted by Gasteiger charge is 2.27. The third-order valence-corrected chi connectivity index (χ3v) is 3.87. The Balaban J connectivity index is 2.43. The van der Waals surface area contributed by atoms with E-state index in [-0.39, 0.29) is 5.92 Å². The van der Waals surface area contributed by atoms with E-state index in [4.69, 9.17) is 0 Å². The predicted octanol–water partition coefficient (Wildman–Crippen LogP) is 3.22. The molecule has 1 aliphatic rings. The van der Waals surface area contributed by atoms with Crippen LogP contribution < -0.4 is 0 Å². The summed E-state index contributed by atoms with van der Waals surface area (Å²) < 4.78 is 0. The van der Waals surface area contributed by atoms with Gasteiger partial charge in [-0.05, 0) is 36.0 Å². The van der Waals surface area contributed by atoms with Crippen molar-refractivity contribution in [2.45, 2.75) is 32.6 Å². The molecule has 1 aromatic rings. The van der Waals surface area contributed by atoms with Crippen LogP contribution in [0.25, 0.3) is 0 Å². The predicted molar refractivity (Wildman–Crippen MR) is 76.7 cm³/mol. The molecule has 1 unspecified atom stereocenters. The van der Waals surface area contributed by atoms with Gasteiger partial charge < -0.3 is 10.0 Å². The van der Waals surface area contributed by atoms with Crippen molar-refractivity contribution in [2.75, 3.05) is 13.1 Å². The lowest BCUT2D eigenvalue weighted by Gasteiger charge is -2.24. The fourth-order valence-electron chi connectivity index (χ4n) is 3.02. The number of nitriles is 1. The largest absolute Gasteiger partial charge is 0.465 e. The number of carbonyl (C=O) groups is 1. The minimum atomic E-state index is -0.870. The average molecular weight is 272 g/mol.